The molecule has 0 bridgehead atoms. The van der Waals surface area contributed by atoms with Gasteiger partial charge in [0.05, 0.1) is 24.2 Å². The molecule has 0 radical (unpaired) electrons. The molecule has 2 unspecified atom stereocenters. The zero-order chi connectivity index (χ0) is 11.8. The summed E-state index contributed by atoms with van der Waals surface area (Å²) in [4.78, 5) is 15.3. The van der Waals surface area contributed by atoms with E-state index in [0.29, 0.717) is 19.1 Å². The van der Waals surface area contributed by atoms with Crippen molar-refractivity contribution in [2.24, 2.45) is 10.9 Å². The summed E-state index contributed by atoms with van der Waals surface area (Å²) in [7, 11) is 0. The highest BCUT2D eigenvalue weighted by Gasteiger charge is 2.35. The van der Waals surface area contributed by atoms with Crippen LogP contribution in [0.5, 0.6) is 0 Å². The Kier molecular flexibility index (Phi) is 2.60. The molecule has 1 saturated heterocycles. The van der Waals surface area contributed by atoms with Crippen molar-refractivity contribution in [1.29, 1.82) is 0 Å². The fourth-order valence-corrected chi connectivity index (χ4v) is 2.61. The lowest BCUT2D eigenvalue weighted by molar-refractivity contribution is -0.141. The van der Waals surface area contributed by atoms with E-state index >= 15 is 0 Å². The predicted molar refractivity (Wildman–Crippen MR) is 62.6 cm³/mol. The molecule has 0 aromatic carbocycles. The predicted octanol–water partition coefficient (Wildman–Crippen LogP) is -0.792. The number of allylic oxidation sites excluding steroid dienone is 1. The lowest BCUT2D eigenvalue weighted by atomic mass is 10.0. The maximum atomic E-state index is 11.1. The number of hydrazine groups is 1. The van der Waals surface area contributed by atoms with Crippen molar-refractivity contribution in [3.63, 3.8) is 0 Å². The van der Waals surface area contributed by atoms with Gasteiger partial charge in [-0.05, 0) is 18.5 Å². The molecule has 0 aromatic heterocycles. The van der Waals surface area contributed by atoms with Crippen LogP contribution in [0.25, 0.3) is 0 Å². The molecule has 3 aliphatic rings. The van der Waals surface area contributed by atoms with E-state index in [1.165, 1.54) is 5.57 Å². The van der Waals surface area contributed by atoms with E-state index in [4.69, 9.17) is 5.11 Å². The largest absolute Gasteiger partial charge is 0.481 e. The minimum atomic E-state index is -0.775. The van der Waals surface area contributed by atoms with Crippen molar-refractivity contribution in [2.75, 3.05) is 26.2 Å². The summed E-state index contributed by atoms with van der Waals surface area (Å²) in [5.41, 5.74) is 5.76. The molecule has 0 aliphatic carbocycles. The summed E-state index contributed by atoms with van der Waals surface area (Å²) in [5, 5.41) is 14.4. The second kappa shape index (κ2) is 4.12. The van der Waals surface area contributed by atoms with Crippen LogP contribution in [-0.4, -0.2) is 54.5 Å². The molecule has 0 aromatic rings. The Morgan fingerprint density at radius 2 is 2.47 bits per heavy atom. The Hall–Kier alpha value is -1.40. The zero-order valence-electron chi connectivity index (χ0n) is 9.52. The Labute approximate surface area is 99.4 Å². The highest BCUT2D eigenvalue weighted by atomic mass is 16.4. The van der Waals surface area contributed by atoms with Crippen LogP contribution in [0.15, 0.2) is 16.3 Å². The first-order valence-corrected chi connectivity index (χ1v) is 5.96. The van der Waals surface area contributed by atoms with Crippen molar-refractivity contribution < 1.29 is 9.90 Å². The summed E-state index contributed by atoms with van der Waals surface area (Å²) >= 11 is 0. The van der Waals surface area contributed by atoms with Gasteiger partial charge in [-0.15, -0.1) is 0 Å². The van der Waals surface area contributed by atoms with Crippen LogP contribution in [-0.2, 0) is 4.79 Å². The fourth-order valence-electron chi connectivity index (χ4n) is 2.61. The average molecular weight is 236 g/mol. The van der Waals surface area contributed by atoms with Crippen molar-refractivity contribution in [3.05, 3.63) is 11.3 Å². The van der Waals surface area contributed by atoms with Gasteiger partial charge in [-0.1, -0.05) is 0 Å². The summed E-state index contributed by atoms with van der Waals surface area (Å²) < 4.78 is 0. The van der Waals surface area contributed by atoms with Crippen molar-refractivity contribution in [1.82, 2.24) is 15.8 Å². The van der Waals surface area contributed by atoms with Crippen molar-refractivity contribution in [2.45, 2.75) is 12.5 Å². The topological polar surface area (TPSA) is 77.0 Å². The molecule has 3 N–H and O–H groups in total. The molecule has 1 fully saturated rings. The van der Waals surface area contributed by atoms with Gasteiger partial charge in [0.1, 0.15) is 0 Å². The standard InChI is InChI=1S/C11H16N4O2/c16-11(17)7-3-13-5-10-8-4-12-2-1-9(8)14-15(10)6-7/h5,7,9,12,14H,1-4,6H2,(H,16,17). The number of aliphatic imine (C=N–C) groups is 1. The smallest absolute Gasteiger partial charge is 0.310 e. The number of hydrogen-bond acceptors (Lipinski definition) is 5. The minimum absolute atomic E-state index is 0.352. The van der Waals surface area contributed by atoms with Gasteiger partial charge in [0.25, 0.3) is 0 Å². The third kappa shape index (κ3) is 1.83. The highest BCUT2D eigenvalue weighted by Crippen LogP contribution is 2.25. The Balaban J connectivity index is 1.87. The minimum Gasteiger partial charge on any atom is -0.481 e. The molecule has 3 heterocycles. The molecule has 92 valence electrons. The van der Waals surface area contributed by atoms with Crippen LogP contribution >= 0.6 is 0 Å². The second-order valence-electron chi connectivity index (χ2n) is 4.70. The summed E-state index contributed by atoms with van der Waals surface area (Å²) in [6.45, 7) is 2.72. The number of carboxylic acids is 1. The number of carbonyl (C=O) groups is 1. The van der Waals surface area contributed by atoms with Crippen LogP contribution < -0.4 is 10.7 Å². The van der Waals surface area contributed by atoms with Crippen molar-refractivity contribution in [3.8, 4) is 0 Å². The molecule has 0 amide bonds. The monoisotopic (exact) mass is 236 g/mol. The van der Waals surface area contributed by atoms with Gasteiger partial charge in [-0.3, -0.25) is 9.79 Å². The van der Waals surface area contributed by atoms with E-state index in [9.17, 15) is 4.79 Å². The van der Waals surface area contributed by atoms with E-state index in [1.54, 1.807) is 0 Å². The first kappa shape index (κ1) is 10.7. The fraction of sp³-hybridized carbons (Fsp3) is 0.636. The van der Waals surface area contributed by atoms with Gasteiger partial charge in [-0.2, -0.15) is 0 Å². The van der Waals surface area contributed by atoms with Crippen LogP contribution in [0.2, 0.25) is 0 Å². The molecule has 3 rings (SSSR count). The number of hydrogen-bond donors (Lipinski definition) is 3. The highest BCUT2D eigenvalue weighted by molar-refractivity contribution is 5.82. The third-order valence-corrected chi connectivity index (χ3v) is 3.57. The summed E-state index contributed by atoms with van der Waals surface area (Å²) in [6, 6.07) is 0.352. The van der Waals surface area contributed by atoms with Gasteiger partial charge in [0.15, 0.2) is 0 Å². The Morgan fingerprint density at radius 3 is 3.29 bits per heavy atom. The van der Waals surface area contributed by atoms with Crippen LogP contribution in [0, 0.1) is 5.92 Å². The Morgan fingerprint density at radius 1 is 1.59 bits per heavy atom. The van der Waals surface area contributed by atoms with Crippen molar-refractivity contribution >= 4 is 12.2 Å². The Bertz CT molecular complexity index is 404. The lowest BCUT2D eigenvalue weighted by Gasteiger charge is -2.24. The van der Waals surface area contributed by atoms with Crippen LogP contribution in [0.4, 0.5) is 0 Å². The summed E-state index contributed by atoms with van der Waals surface area (Å²) in [5.74, 6) is -1.20. The van der Waals surface area contributed by atoms with Gasteiger partial charge in [0, 0.05) is 19.3 Å². The third-order valence-electron chi connectivity index (χ3n) is 3.57. The number of aliphatic carboxylic acids is 1. The molecule has 2 atom stereocenters. The van der Waals surface area contributed by atoms with E-state index in [0.717, 1.165) is 25.2 Å². The van der Waals surface area contributed by atoms with Gasteiger partial charge in [0.2, 0.25) is 0 Å². The first-order chi connectivity index (χ1) is 8.25. The molecule has 3 aliphatic heterocycles. The molecule has 0 saturated carbocycles. The maximum Gasteiger partial charge on any atom is 0.310 e. The average Bonchev–Trinajstić information content (AvgIpc) is 2.53. The maximum absolute atomic E-state index is 11.1. The molecule has 6 heteroatoms. The number of piperidine rings is 1. The van der Waals surface area contributed by atoms with Gasteiger partial charge in [-0.25, -0.2) is 5.43 Å². The van der Waals surface area contributed by atoms with E-state index < -0.39 is 11.9 Å². The molecule has 0 spiro atoms. The number of rotatable bonds is 1. The molecular formula is C11H16N4O2. The molecule has 6 nitrogen and oxygen atoms in total. The lowest BCUT2D eigenvalue weighted by Crippen LogP contribution is -2.44. The number of carboxylic acid groups (broad SMARTS) is 1. The quantitative estimate of drug-likeness (QED) is 0.556. The number of fused-ring (bicyclic) bond motifs is 2. The normalized spacial score (nSPS) is 32.1. The number of nitrogens with one attached hydrogen (secondary N) is 2. The van der Waals surface area contributed by atoms with Crippen LogP contribution in [0.3, 0.4) is 0 Å². The molecule has 17 heavy (non-hydrogen) atoms. The first-order valence-electron chi connectivity index (χ1n) is 5.96. The van der Waals surface area contributed by atoms with E-state index in [1.807, 2.05) is 11.2 Å². The summed E-state index contributed by atoms with van der Waals surface area (Å²) in [6.07, 6.45) is 2.86. The van der Waals surface area contributed by atoms with Gasteiger partial charge < -0.3 is 15.4 Å². The zero-order valence-corrected chi connectivity index (χ0v) is 9.52. The van der Waals surface area contributed by atoms with E-state index in [2.05, 4.69) is 15.7 Å². The number of nitrogens with zero attached hydrogens (tertiary/aromatic N) is 2. The SMILES string of the molecule is O=C(O)C1CN=CC2=C3CNCCC3NN2C1. The second-order valence-corrected chi connectivity index (χ2v) is 4.70. The molecular weight excluding hydrogens is 220 g/mol. The van der Waals surface area contributed by atoms with Crippen LogP contribution in [0.1, 0.15) is 6.42 Å². The van der Waals surface area contributed by atoms with Gasteiger partial charge >= 0.3 is 5.97 Å². The van der Waals surface area contributed by atoms with E-state index in [-0.39, 0.29) is 0 Å².